The van der Waals surface area contributed by atoms with Crippen LogP contribution in [0.1, 0.15) is 22.8 Å². The van der Waals surface area contributed by atoms with Crippen LogP contribution in [-0.2, 0) is 16.6 Å². The maximum Gasteiger partial charge on any atom is 0.261 e. The van der Waals surface area contributed by atoms with Crippen LogP contribution in [0.3, 0.4) is 0 Å². The maximum atomic E-state index is 14.0. The van der Waals surface area contributed by atoms with E-state index >= 15 is 0 Å². The summed E-state index contributed by atoms with van der Waals surface area (Å²) >= 11 is 0. The highest BCUT2D eigenvalue weighted by atomic mass is 32.2. The molecule has 0 bridgehead atoms. The summed E-state index contributed by atoms with van der Waals surface area (Å²) in [4.78, 5) is 22.5. The molecule has 3 heterocycles. The average molecular weight is 530 g/mol. The molecule has 1 saturated heterocycles. The monoisotopic (exact) mass is 529 g/mol. The Labute approximate surface area is 211 Å². The van der Waals surface area contributed by atoms with Gasteiger partial charge in [-0.1, -0.05) is 12.1 Å². The highest BCUT2D eigenvalue weighted by Crippen LogP contribution is 2.27. The Balaban J connectivity index is 1.31. The number of piperazine rings is 1. The summed E-state index contributed by atoms with van der Waals surface area (Å²) in [5.74, 6) is -2.40. The molecule has 10 nitrogen and oxygen atoms in total. The number of aromatic nitrogens is 4. The van der Waals surface area contributed by atoms with Crippen LogP contribution in [0, 0.1) is 11.6 Å². The Morgan fingerprint density at radius 2 is 1.84 bits per heavy atom. The Hall–Kier alpha value is -3.68. The van der Waals surface area contributed by atoms with Gasteiger partial charge < -0.3 is 10.3 Å². The molecule has 37 heavy (non-hydrogen) atoms. The van der Waals surface area contributed by atoms with E-state index in [1.807, 2.05) is 18.2 Å². The molecule has 13 heteroatoms. The lowest BCUT2D eigenvalue weighted by molar-refractivity contribution is 0.101. The summed E-state index contributed by atoms with van der Waals surface area (Å²) in [7, 11) is -3.18. The van der Waals surface area contributed by atoms with Crippen molar-refractivity contribution in [3.8, 4) is 11.5 Å². The van der Waals surface area contributed by atoms with Crippen molar-refractivity contribution in [2.24, 2.45) is 0 Å². The summed E-state index contributed by atoms with van der Waals surface area (Å²) in [5, 5.41) is 9.27. The number of halogens is 2. The van der Waals surface area contributed by atoms with Crippen LogP contribution in [0.2, 0.25) is 0 Å². The molecule has 0 aliphatic carbocycles. The van der Waals surface area contributed by atoms with Gasteiger partial charge in [0.05, 0.1) is 22.5 Å². The van der Waals surface area contributed by atoms with Crippen LogP contribution in [0.15, 0.2) is 42.6 Å². The number of carbonyl (C=O) groups excluding carboxylic acids is 1. The number of imidazole rings is 1. The molecule has 0 saturated carbocycles. The van der Waals surface area contributed by atoms with E-state index in [2.05, 4.69) is 30.4 Å². The van der Waals surface area contributed by atoms with Crippen LogP contribution in [-0.4, -0.2) is 75.6 Å². The number of hydrogen-bond acceptors (Lipinski definition) is 6. The fraction of sp³-hybridized carbons (Fsp3) is 0.292. The number of anilines is 1. The second kappa shape index (κ2) is 10.00. The SMILES string of the molecule is CCS(=O)(=O)N1CCN(Cc2ccc3[nH]c(-c4n[nH]cc4NC(=O)c4c(F)cccc4F)nc3c2)CC1. The van der Waals surface area contributed by atoms with Gasteiger partial charge in [-0.15, -0.1) is 0 Å². The number of hydrogen-bond donors (Lipinski definition) is 3. The fourth-order valence-corrected chi connectivity index (χ4v) is 5.42. The molecule has 0 atom stereocenters. The minimum atomic E-state index is -3.18. The average Bonchev–Trinajstić information content (AvgIpc) is 3.50. The molecule has 2 aromatic heterocycles. The van der Waals surface area contributed by atoms with E-state index in [1.54, 1.807) is 6.92 Å². The molecule has 0 unspecified atom stereocenters. The standard InChI is InChI=1S/C24H25F2N7O3S/c1-2-37(35,36)33-10-8-32(9-11-33)14-15-6-7-18-19(12-15)29-23(28-18)22-20(13-27-31-22)30-24(34)21-16(25)4-3-5-17(21)26/h3-7,12-13H,2,8-11,14H2,1H3,(H,27,31)(H,28,29)(H,30,34). The Morgan fingerprint density at radius 3 is 2.54 bits per heavy atom. The van der Waals surface area contributed by atoms with E-state index in [0.717, 1.165) is 23.2 Å². The number of rotatable bonds is 7. The summed E-state index contributed by atoms with van der Waals surface area (Å²) < 4.78 is 53.7. The molecule has 5 rings (SSSR count). The van der Waals surface area contributed by atoms with Gasteiger partial charge >= 0.3 is 0 Å². The van der Waals surface area contributed by atoms with Crippen molar-refractivity contribution >= 4 is 32.7 Å². The van der Waals surface area contributed by atoms with Crippen LogP contribution < -0.4 is 5.32 Å². The normalized spacial score (nSPS) is 15.3. The molecule has 1 fully saturated rings. The summed E-state index contributed by atoms with van der Waals surface area (Å²) in [6, 6.07) is 9.00. The molecule has 3 N–H and O–H groups in total. The number of nitrogens with zero attached hydrogens (tertiary/aromatic N) is 4. The lowest BCUT2D eigenvalue weighted by atomic mass is 10.2. The first kappa shape index (κ1) is 25.0. The topological polar surface area (TPSA) is 127 Å². The van der Waals surface area contributed by atoms with Gasteiger partial charge in [-0.25, -0.2) is 22.2 Å². The van der Waals surface area contributed by atoms with E-state index in [-0.39, 0.29) is 17.1 Å². The van der Waals surface area contributed by atoms with Crippen molar-refractivity contribution in [3.63, 3.8) is 0 Å². The number of aromatic amines is 2. The second-order valence-corrected chi connectivity index (χ2v) is 11.0. The van der Waals surface area contributed by atoms with Crippen molar-refractivity contribution in [2.45, 2.75) is 13.5 Å². The van der Waals surface area contributed by atoms with E-state index in [0.29, 0.717) is 44.1 Å². The van der Waals surface area contributed by atoms with Crippen molar-refractivity contribution in [1.82, 2.24) is 29.4 Å². The summed E-state index contributed by atoms with van der Waals surface area (Å²) in [6.07, 6.45) is 1.41. The molecule has 2 aromatic carbocycles. The third-order valence-electron chi connectivity index (χ3n) is 6.35. The van der Waals surface area contributed by atoms with Crippen molar-refractivity contribution in [1.29, 1.82) is 0 Å². The molecule has 0 spiro atoms. The van der Waals surface area contributed by atoms with Gasteiger partial charge in [-0.05, 0) is 36.8 Å². The number of benzene rings is 2. The largest absolute Gasteiger partial charge is 0.337 e. The number of fused-ring (bicyclic) bond motifs is 1. The molecule has 0 radical (unpaired) electrons. The van der Waals surface area contributed by atoms with Crippen LogP contribution >= 0.6 is 0 Å². The zero-order valence-electron chi connectivity index (χ0n) is 20.0. The maximum absolute atomic E-state index is 14.0. The molecule has 4 aromatic rings. The lowest BCUT2D eigenvalue weighted by Gasteiger charge is -2.33. The quantitative estimate of drug-likeness (QED) is 0.338. The first-order valence-electron chi connectivity index (χ1n) is 11.7. The Kier molecular flexibility index (Phi) is 6.75. The predicted molar refractivity (Wildman–Crippen MR) is 134 cm³/mol. The van der Waals surface area contributed by atoms with E-state index < -0.39 is 33.1 Å². The third kappa shape index (κ3) is 5.10. The smallest absolute Gasteiger partial charge is 0.261 e. The Morgan fingerprint density at radius 1 is 1.11 bits per heavy atom. The van der Waals surface area contributed by atoms with Gasteiger partial charge in [0.15, 0.2) is 11.5 Å². The number of sulfonamides is 1. The van der Waals surface area contributed by atoms with E-state index in [9.17, 15) is 22.0 Å². The van der Waals surface area contributed by atoms with Crippen molar-refractivity contribution < 1.29 is 22.0 Å². The molecular formula is C24H25F2N7O3S. The first-order valence-corrected chi connectivity index (χ1v) is 13.3. The van der Waals surface area contributed by atoms with Gasteiger partial charge in [-0.2, -0.15) is 9.40 Å². The van der Waals surface area contributed by atoms with Gasteiger partial charge in [-0.3, -0.25) is 14.8 Å². The number of H-pyrrole nitrogens is 2. The highest BCUT2D eigenvalue weighted by molar-refractivity contribution is 7.89. The Bertz CT molecular complexity index is 1540. The number of carbonyl (C=O) groups is 1. The van der Waals surface area contributed by atoms with Gasteiger partial charge in [0.1, 0.15) is 17.2 Å². The number of amides is 1. The van der Waals surface area contributed by atoms with Crippen molar-refractivity contribution in [2.75, 3.05) is 37.2 Å². The second-order valence-electron chi connectivity index (χ2n) is 8.71. The summed E-state index contributed by atoms with van der Waals surface area (Å²) in [6.45, 7) is 4.52. The minimum Gasteiger partial charge on any atom is -0.337 e. The molecule has 1 amide bonds. The lowest BCUT2D eigenvalue weighted by Crippen LogP contribution is -2.48. The molecule has 1 aliphatic heterocycles. The van der Waals surface area contributed by atoms with Gasteiger partial charge in [0.25, 0.3) is 5.91 Å². The zero-order chi connectivity index (χ0) is 26.2. The van der Waals surface area contributed by atoms with E-state index in [4.69, 9.17) is 0 Å². The summed E-state index contributed by atoms with van der Waals surface area (Å²) in [5.41, 5.74) is 2.26. The highest BCUT2D eigenvalue weighted by Gasteiger charge is 2.25. The zero-order valence-corrected chi connectivity index (χ0v) is 20.8. The number of nitrogens with one attached hydrogen (secondary N) is 3. The fourth-order valence-electron chi connectivity index (χ4n) is 4.33. The van der Waals surface area contributed by atoms with Gasteiger partial charge in [0.2, 0.25) is 10.0 Å². The molecule has 194 valence electrons. The third-order valence-corrected chi connectivity index (χ3v) is 8.23. The van der Waals surface area contributed by atoms with E-state index in [1.165, 1.54) is 16.6 Å². The van der Waals surface area contributed by atoms with Crippen LogP contribution in [0.5, 0.6) is 0 Å². The molecule has 1 aliphatic rings. The first-order chi connectivity index (χ1) is 17.7. The van der Waals surface area contributed by atoms with Crippen LogP contribution in [0.4, 0.5) is 14.5 Å². The van der Waals surface area contributed by atoms with Crippen LogP contribution in [0.25, 0.3) is 22.6 Å². The predicted octanol–water partition coefficient (Wildman–Crippen LogP) is 2.95. The van der Waals surface area contributed by atoms with Crippen molar-refractivity contribution in [3.05, 3.63) is 65.4 Å². The van der Waals surface area contributed by atoms with Gasteiger partial charge in [0, 0.05) is 38.9 Å². The minimum absolute atomic E-state index is 0.104. The molecular weight excluding hydrogens is 504 g/mol.